The third-order valence-corrected chi connectivity index (χ3v) is 7.10. The molecule has 6 nitrogen and oxygen atoms in total. The van der Waals surface area contributed by atoms with Crippen LogP contribution in [0.1, 0.15) is 37.8 Å². The largest absolute Gasteiger partial charge is 0.457 e. The number of allylic oxidation sites excluding steroid dienone is 2. The van der Waals surface area contributed by atoms with Crippen LogP contribution in [0.4, 0.5) is 0 Å². The first-order valence-corrected chi connectivity index (χ1v) is 12.8. The summed E-state index contributed by atoms with van der Waals surface area (Å²) >= 11 is 7.78. The van der Waals surface area contributed by atoms with Gasteiger partial charge in [0.25, 0.3) is 0 Å². The van der Waals surface area contributed by atoms with Crippen molar-refractivity contribution in [2.24, 2.45) is 0 Å². The lowest BCUT2D eigenvalue weighted by atomic mass is 9.82. The number of carbonyl (C=O) groups excluding carboxylic acids is 2. The fraction of sp³-hybridized carbons (Fsp3) is 0.296. The van der Waals surface area contributed by atoms with E-state index in [1.807, 2.05) is 50.2 Å². The SMILES string of the molecule is CCN(CC)C(=O)CSC1=C(C#N)C(c2ccccc2Cl)C(C(=O)OCc2ccccc2)=C(C)N1. The molecule has 0 aromatic heterocycles. The van der Waals surface area contributed by atoms with E-state index >= 15 is 0 Å². The van der Waals surface area contributed by atoms with Crippen molar-refractivity contribution in [2.45, 2.75) is 33.3 Å². The summed E-state index contributed by atoms with van der Waals surface area (Å²) in [6.07, 6.45) is 0. The minimum Gasteiger partial charge on any atom is -0.457 e. The van der Waals surface area contributed by atoms with Crippen LogP contribution in [0.2, 0.25) is 5.02 Å². The third-order valence-electron chi connectivity index (χ3n) is 5.75. The lowest BCUT2D eigenvalue weighted by Crippen LogP contribution is -2.33. The van der Waals surface area contributed by atoms with Gasteiger partial charge in [-0.15, -0.1) is 0 Å². The van der Waals surface area contributed by atoms with E-state index in [9.17, 15) is 14.9 Å². The molecule has 35 heavy (non-hydrogen) atoms. The molecule has 0 saturated carbocycles. The summed E-state index contributed by atoms with van der Waals surface area (Å²) in [6, 6.07) is 18.8. The molecule has 3 rings (SSSR count). The molecule has 182 valence electrons. The van der Waals surface area contributed by atoms with Crippen molar-refractivity contribution in [3.05, 3.63) is 92.6 Å². The van der Waals surface area contributed by atoms with Crippen molar-refractivity contribution in [1.29, 1.82) is 5.26 Å². The molecule has 0 aliphatic carbocycles. The maximum Gasteiger partial charge on any atom is 0.337 e. The minimum atomic E-state index is -0.718. The van der Waals surface area contributed by atoms with Gasteiger partial charge in [0.1, 0.15) is 6.61 Å². The normalized spacial score (nSPS) is 15.3. The van der Waals surface area contributed by atoms with Crippen LogP contribution in [0, 0.1) is 11.3 Å². The van der Waals surface area contributed by atoms with Gasteiger partial charge in [0.05, 0.1) is 33.9 Å². The number of ether oxygens (including phenoxy) is 1. The lowest BCUT2D eigenvalue weighted by Gasteiger charge is -2.30. The number of amides is 1. The van der Waals surface area contributed by atoms with Gasteiger partial charge in [-0.05, 0) is 38.0 Å². The Balaban J connectivity index is 1.96. The molecule has 1 N–H and O–H groups in total. The Morgan fingerprint density at radius 2 is 1.77 bits per heavy atom. The summed E-state index contributed by atoms with van der Waals surface area (Å²) in [4.78, 5) is 27.6. The van der Waals surface area contributed by atoms with Gasteiger partial charge in [-0.3, -0.25) is 4.79 Å². The van der Waals surface area contributed by atoms with E-state index < -0.39 is 11.9 Å². The Kier molecular flexibility index (Phi) is 9.41. The highest BCUT2D eigenvalue weighted by molar-refractivity contribution is 8.03. The van der Waals surface area contributed by atoms with Crippen LogP contribution in [-0.2, 0) is 20.9 Å². The van der Waals surface area contributed by atoms with E-state index in [0.29, 0.717) is 45.5 Å². The highest BCUT2D eigenvalue weighted by atomic mass is 35.5. The predicted molar refractivity (Wildman–Crippen MR) is 139 cm³/mol. The number of halogens is 1. The molecule has 2 aromatic carbocycles. The number of nitriles is 1. The van der Waals surface area contributed by atoms with E-state index in [1.165, 1.54) is 11.8 Å². The standard InChI is InChI=1S/C27H28ClN3O3S/c1-4-31(5-2)23(32)17-35-26-21(15-29)25(20-13-9-10-14-22(20)28)24(18(3)30-26)27(33)34-16-19-11-7-6-8-12-19/h6-14,25,30H,4-5,16-17H2,1-3H3. The van der Waals surface area contributed by atoms with Gasteiger partial charge >= 0.3 is 5.97 Å². The molecule has 1 heterocycles. The van der Waals surface area contributed by atoms with Gasteiger partial charge in [0.15, 0.2) is 0 Å². The van der Waals surface area contributed by atoms with Gasteiger partial charge in [-0.1, -0.05) is 71.9 Å². The number of rotatable bonds is 9. The number of hydrogen-bond acceptors (Lipinski definition) is 6. The molecule has 0 bridgehead atoms. The van der Waals surface area contributed by atoms with Gasteiger partial charge in [-0.25, -0.2) is 4.79 Å². The summed E-state index contributed by atoms with van der Waals surface area (Å²) < 4.78 is 5.64. The number of dihydropyridines is 1. The van der Waals surface area contributed by atoms with Crippen LogP contribution < -0.4 is 5.32 Å². The van der Waals surface area contributed by atoms with E-state index in [2.05, 4.69) is 11.4 Å². The van der Waals surface area contributed by atoms with Crippen molar-refractivity contribution in [3.63, 3.8) is 0 Å². The van der Waals surface area contributed by atoms with Crippen molar-refractivity contribution in [1.82, 2.24) is 10.2 Å². The number of nitrogens with zero attached hydrogens (tertiary/aromatic N) is 2. The molecule has 0 saturated heterocycles. The van der Waals surface area contributed by atoms with E-state index in [-0.39, 0.29) is 18.3 Å². The topological polar surface area (TPSA) is 82.4 Å². The maximum atomic E-state index is 13.3. The second-order valence-corrected chi connectivity index (χ2v) is 9.28. The molecule has 1 aliphatic heterocycles. The van der Waals surface area contributed by atoms with Crippen LogP contribution in [0.5, 0.6) is 0 Å². The Bertz CT molecular complexity index is 1180. The Hall–Kier alpha value is -3.21. The second-order valence-electron chi connectivity index (χ2n) is 7.89. The number of nitrogens with one attached hydrogen (secondary N) is 1. The molecule has 0 fully saturated rings. The summed E-state index contributed by atoms with van der Waals surface area (Å²) in [7, 11) is 0. The molecule has 8 heteroatoms. The molecule has 1 amide bonds. The zero-order valence-electron chi connectivity index (χ0n) is 20.0. The summed E-state index contributed by atoms with van der Waals surface area (Å²) in [6.45, 7) is 6.97. The van der Waals surface area contributed by atoms with Gasteiger partial charge in [0.2, 0.25) is 5.91 Å². The highest BCUT2D eigenvalue weighted by Crippen LogP contribution is 2.43. The molecule has 2 aromatic rings. The van der Waals surface area contributed by atoms with Crippen LogP contribution >= 0.6 is 23.4 Å². The zero-order chi connectivity index (χ0) is 25.4. The van der Waals surface area contributed by atoms with Crippen LogP contribution in [0.25, 0.3) is 0 Å². The smallest absolute Gasteiger partial charge is 0.337 e. The number of carbonyl (C=O) groups is 2. The monoisotopic (exact) mass is 509 g/mol. The molecular weight excluding hydrogens is 482 g/mol. The molecular formula is C27H28ClN3O3S. The Morgan fingerprint density at radius 3 is 2.40 bits per heavy atom. The fourth-order valence-electron chi connectivity index (χ4n) is 3.92. The first-order valence-electron chi connectivity index (χ1n) is 11.4. The second kappa shape index (κ2) is 12.5. The Morgan fingerprint density at radius 1 is 1.11 bits per heavy atom. The van der Waals surface area contributed by atoms with Crippen LogP contribution in [-0.4, -0.2) is 35.6 Å². The maximum absolute atomic E-state index is 13.3. The van der Waals surface area contributed by atoms with Crippen molar-refractivity contribution >= 4 is 35.2 Å². The highest BCUT2D eigenvalue weighted by Gasteiger charge is 2.36. The van der Waals surface area contributed by atoms with E-state index in [4.69, 9.17) is 16.3 Å². The number of hydrogen-bond donors (Lipinski definition) is 1. The summed E-state index contributed by atoms with van der Waals surface area (Å²) in [5.41, 5.74) is 2.70. The minimum absolute atomic E-state index is 0.0180. The van der Waals surface area contributed by atoms with Crippen LogP contribution in [0.3, 0.4) is 0 Å². The number of benzene rings is 2. The quantitative estimate of drug-likeness (QED) is 0.457. The first-order chi connectivity index (χ1) is 16.9. The van der Waals surface area contributed by atoms with Gasteiger partial charge in [0, 0.05) is 23.8 Å². The molecule has 0 spiro atoms. The number of thioether (sulfide) groups is 1. The summed E-state index contributed by atoms with van der Waals surface area (Å²) in [5.74, 6) is -1.09. The lowest BCUT2D eigenvalue weighted by molar-refractivity contribution is -0.140. The van der Waals surface area contributed by atoms with Gasteiger partial charge < -0.3 is 15.0 Å². The van der Waals surface area contributed by atoms with Crippen molar-refractivity contribution in [2.75, 3.05) is 18.8 Å². The summed E-state index contributed by atoms with van der Waals surface area (Å²) in [5, 5.41) is 14.3. The molecule has 1 atom stereocenters. The Labute approximate surface area is 215 Å². The van der Waals surface area contributed by atoms with Gasteiger partial charge in [-0.2, -0.15) is 5.26 Å². The fourth-order valence-corrected chi connectivity index (χ4v) is 5.16. The molecule has 0 radical (unpaired) electrons. The average Bonchev–Trinajstić information content (AvgIpc) is 2.87. The first kappa shape index (κ1) is 26.4. The number of esters is 1. The zero-order valence-corrected chi connectivity index (χ0v) is 21.6. The average molecular weight is 510 g/mol. The van der Waals surface area contributed by atoms with E-state index in [1.54, 1.807) is 30.0 Å². The third kappa shape index (κ3) is 6.27. The van der Waals surface area contributed by atoms with Crippen LogP contribution in [0.15, 0.2) is 76.5 Å². The van der Waals surface area contributed by atoms with Crippen molar-refractivity contribution in [3.8, 4) is 6.07 Å². The molecule has 1 unspecified atom stereocenters. The molecule has 1 aliphatic rings. The van der Waals surface area contributed by atoms with E-state index in [0.717, 1.165) is 5.56 Å². The predicted octanol–water partition coefficient (Wildman–Crippen LogP) is 5.38. The van der Waals surface area contributed by atoms with Crippen molar-refractivity contribution < 1.29 is 14.3 Å².